The fourth-order valence-corrected chi connectivity index (χ4v) is 6.54. The molecule has 5 aliphatic rings. The molecule has 4 aliphatic carbocycles. The van der Waals surface area contributed by atoms with Crippen LogP contribution in [0.3, 0.4) is 0 Å². The summed E-state index contributed by atoms with van der Waals surface area (Å²) in [6.07, 6.45) is 8.71. The second kappa shape index (κ2) is 6.17. The maximum absolute atomic E-state index is 12.7. The first-order valence-electron chi connectivity index (χ1n) is 10.3. The van der Waals surface area contributed by atoms with Gasteiger partial charge in [-0.3, -0.25) is 4.79 Å². The average molecular weight is 355 g/mol. The van der Waals surface area contributed by atoms with E-state index < -0.39 is 0 Å². The quantitative estimate of drug-likeness (QED) is 0.895. The van der Waals surface area contributed by atoms with Crippen molar-refractivity contribution in [2.45, 2.75) is 57.9 Å². The Balaban J connectivity index is 1.24. The van der Waals surface area contributed by atoms with Crippen molar-refractivity contribution < 1.29 is 14.3 Å². The summed E-state index contributed by atoms with van der Waals surface area (Å²) in [6, 6.07) is 6.12. The third kappa shape index (κ3) is 2.87. The lowest BCUT2D eigenvalue weighted by molar-refractivity contribution is -0.125. The number of hydrogen-bond donors (Lipinski definition) is 1. The van der Waals surface area contributed by atoms with E-state index in [-0.39, 0.29) is 11.9 Å². The molecule has 4 nitrogen and oxygen atoms in total. The van der Waals surface area contributed by atoms with Crippen LogP contribution in [-0.4, -0.2) is 25.2 Å². The predicted molar refractivity (Wildman–Crippen MR) is 99.3 cm³/mol. The van der Waals surface area contributed by atoms with E-state index >= 15 is 0 Å². The Morgan fingerprint density at radius 1 is 1.08 bits per heavy atom. The maximum Gasteiger partial charge on any atom is 0.224 e. The number of benzene rings is 1. The molecule has 4 heteroatoms. The number of nitrogens with one attached hydrogen (secondary N) is 1. The monoisotopic (exact) mass is 355 g/mol. The number of fused-ring (bicyclic) bond motifs is 1. The van der Waals surface area contributed by atoms with Crippen LogP contribution in [0.4, 0.5) is 0 Å². The van der Waals surface area contributed by atoms with Crippen LogP contribution >= 0.6 is 0 Å². The highest BCUT2D eigenvalue weighted by atomic mass is 16.6. The van der Waals surface area contributed by atoms with E-state index in [1.165, 1.54) is 38.5 Å². The normalized spacial score (nSPS) is 35.2. The van der Waals surface area contributed by atoms with Crippen LogP contribution in [0, 0.1) is 23.2 Å². The van der Waals surface area contributed by atoms with Gasteiger partial charge in [-0.05, 0) is 86.3 Å². The second-order valence-electron chi connectivity index (χ2n) is 9.22. The van der Waals surface area contributed by atoms with Crippen molar-refractivity contribution in [3.63, 3.8) is 0 Å². The third-order valence-corrected chi connectivity index (χ3v) is 7.35. The molecule has 1 N–H and O–H groups in total. The number of ether oxygens (including phenoxy) is 2. The minimum absolute atomic E-state index is 0.130. The minimum atomic E-state index is 0.130. The van der Waals surface area contributed by atoms with E-state index in [0.717, 1.165) is 34.8 Å². The maximum atomic E-state index is 12.7. The summed E-state index contributed by atoms with van der Waals surface area (Å²) in [5, 5.41) is 3.35. The summed E-state index contributed by atoms with van der Waals surface area (Å²) in [7, 11) is 0. The summed E-state index contributed by atoms with van der Waals surface area (Å²) in [6.45, 7) is 3.41. The van der Waals surface area contributed by atoms with Crippen molar-refractivity contribution in [2.24, 2.45) is 23.2 Å². The highest BCUT2D eigenvalue weighted by Crippen LogP contribution is 2.61. The van der Waals surface area contributed by atoms with E-state index in [0.29, 0.717) is 25.0 Å². The van der Waals surface area contributed by atoms with Crippen molar-refractivity contribution in [2.75, 3.05) is 13.2 Å². The molecule has 4 bridgehead atoms. The number of rotatable bonds is 4. The molecule has 1 aromatic carbocycles. The molecule has 1 aromatic rings. The first kappa shape index (κ1) is 16.5. The van der Waals surface area contributed by atoms with E-state index in [2.05, 4.69) is 12.2 Å². The Hall–Kier alpha value is -1.71. The van der Waals surface area contributed by atoms with Crippen LogP contribution in [0.5, 0.6) is 11.5 Å². The SMILES string of the molecule is C[C@H](NC(=O)Cc1ccc2c(c1)OCCO2)C12CC3CC(CC(C3)C1)C2. The lowest BCUT2D eigenvalue weighted by Gasteiger charge is -2.59. The van der Waals surface area contributed by atoms with Crippen LogP contribution in [0.15, 0.2) is 18.2 Å². The van der Waals surface area contributed by atoms with Gasteiger partial charge in [-0.1, -0.05) is 6.07 Å². The topological polar surface area (TPSA) is 47.6 Å². The summed E-state index contributed by atoms with van der Waals surface area (Å²) in [4.78, 5) is 12.7. The van der Waals surface area contributed by atoms with Gasteiger partial charge in [0, 0.05) is 6.04 Å². The van der Waals surface area contributed by atoms with Crippen molar-refractivity contribution in [3.05, 3.63) is 23.8 Å². The van der Waals surface area contributed by atoms with Gasteiger partial charge in [-0.2, -0.15) is 0 Å². The molecule has 1 amide bonds. The molecule has 0 spiro atoms. The summed E-state index contributed by atoms with van der Waals surface area (Å²) >= 11 is 0. The van der Waals surface area contributed by atoms with E-state index in [1.54, 1.807) is 0 Å². The fourth-order valence-electron chi connectivity index (χ4n) is 6.54. The van der Waals surface area contributed by atoms with Crippen LogP contribution in [0.2, 0.25) is 0 Å². The molecule has 6 rings (SSSR count). The number of carbonyl (C=O) groups excluding carboxylic acids is 1. The molecule has 0 aromatic heterocycles. The van der Waals surface area contributed by atoms with Gasteiger partial charge in [0.2, 0.25) is 5.91 Å². The molecule has 26 heavy (non-hydrogen) atoms. The lowest BCUT2D eigenvalue weighted by atomic mass is 9.48. The Labute approximate surface area is 155 Å². The number of carbonyl (C=O) groups is 1. The van der Waals surface area contributed by atoms with Crippen molar-refractivity contribution in [1.29, 1.82) is 0 Å². The fraction of sp³-hybridized carbons (Fsp3) is 0.682. The zero-order chi connectivity index (χ0) is 17.7. The average Bonchev–Trinajstić information content (AvgIpc) is 2.60. The molecule has 0 radical (unpaired) electrons. The van der Waals surface area contributed by atoms with Gasteiger partial charge >= 0.3 is 0 Å². The van der Waals surface area contributed by atoms with Crippen molar-refractivity contribution >= 4 is 5.91 Å². The molecule has 1 heterocycles. The van der Waals surface area contributed by atoms with Gasteiger partial charge in [-0.25, -0.2) is 0 Å². The van der Waals surface area contributed by atoms with Crippen molar-refractivity contribution in [3.8, 4) is 11.5 Å². The largest absolute Gasteiger partial charge is 0.486 e. The Morgan fingerprint density at radius 2 is 1.69 bits per heavy atom. The van der Waals surface area contributed by atoms with Gasteiger partial charge < -0.3 is 14.8 Å². The van der Waals surface area contributed by atoms with E-state index in [4.69, 9.17) is 9.47 Å². The molecular formula is C22H29NO3. The molecular weight excluding hydrogens is 326 g/mol. The smallest absolute Gasteiger partial charge is 0.224 e. The predicted octanol–water partition coefficient (Wildman–Crippen LogP) is 3.72. The van der Waals surface area contributed by atoms with Crippen LogP contribution in [0.1, 0.15) is 51.0 Å². The van der Waals surface area contributed by atoms with Gasteiger partial charge in [0.05, 0.1) is 6.42 Å². The zero-order valence-corrected chi connectivity index (χ0v) is 15.6. The Morgan fingerprint density at radius 3 is 2.35 bits per heavy atom. The van der Waals surface area contributed by atoms with Crippen LogP contribution in [0.25, 0.3) is 0 Å². The van der Waals surface area contributed by atoms with E-state index in [1.807, 2.05) is 18.2 Å². The van der Waals surface area contributed by atoms with Gasteiger partial charge in [-0.15, -0.1) is 0 Å². The highest BCUT2D eigenvalue weighted by molar-refractivity contribution is 5.79. The summed E-state index contributed by atoms with van der Waals surface area (Å²) in [5.74, 6) is 4.41. The zero-order valence-electron chi connectivity index (χ0n) is 15.6. The molecule has 4 fully saturated rings. The molecule has 140 valence electrons. The Kier molecular flexibility index (Phi) is 3.91. The first-order valence-corrected chi connectivity index (χ1v) is 10.3. The molecule has 1 aliphatic heterocycles. The number of amides is 1. The first-order chi connectivity index (χ1) is 12.6. The Bertz CT molecular complexity index is 678. The molecule has 0 unspecified atom stereocenters. The lowest BCUT2D eigenvalue weighted by Crippen LogP contribution is -2.56. The summed E-state index contributed by atoms with van der Waals surface area (Å²) < 4.78 is 11.2. The van der Waals surface area contributed by atoms with Gasteiger partial charge in [0.1, 0.15) is 13.2 Å². The van der Waals surface area contributed by atoms with Crippen LogP contribution in [-0.2, 0) is 11.2 Å². The highest BCUT2D eigenvalue weighted by Gasteiger charge is 2.53. The second-order valence-corrected chi connectivity index (χ2v) is 9.22. The van der Waals surface area contributed by atoms with E-state index in [9.17, 15) is 4.79 Å². The van der Waals surface area contributed by atoms with Crippen molar-refractivity contribution in [1.82, 2.24) is 5.32 Å². The standard InChI is InChI=1S/C22H29NO3/c1-14(22-11-16-6-17(12-22)8-18(7-16)13-22)23-21(24)10-15-2-3-19-20(9-15)26-5-4-25-19/h2-3,9,14,16-18H,4-8,10-13H2,1H3,(H,23,24)/t14-,16?,17?,18?,22?/m0/s1. The molecule has 4 saturated carbocycles. The third-order valence-electron chi connectivity index (χ3n) is 7.35. The molecule has 0 saturated heterocycles. The minimum Gasteiger partial charge on any atom is -0.486 e. The molecule has 1 atom stereocenters. The summed E-state index contributed by atoms with van der Waals surface area (Å²) in [5.41, 5.74) is 1.35. The van der Waals surface area contributed by atoms with Gasteiger partial charge in [0.25, 0.3) is 0 Å². The number of hydrogen-bond acceptors (Lipinski definition) is 3. The van der Waals surface area contributed by atoms with Crippen LogP contribution < -0.4 is 14.8 Å². The van der Waals surface area contributed by atoms with Gasteiger partial charge in [0.15, 0.2) is 11.5 Å².